The molecule has 3 aromatic carbocycles. The lowest BCUT2D eigenvalue weighted by molar-refractivity contribution is 0.0958. The molecule has 0 fully saturated rings. The van der Waals surface area contributed by atoms with E-state index in [-0.39, 0.29) is 17.4 Å². The zero-order valence-electron chi connectivity index (χ0n) is 15.1. The number of fused-ring (bicyclic) bond motifs is 3. The van der Waals surface area contributed by atoms with Crippen LogP contribution in [0.4, 0.5) is 4.79 Å². The first-order valence-electron chi connectivity index (χ1n) is 8.76. The minimum Gasteiger partial charge on any atom is -0.507 e. The van der Waals surface area contributed by atoms with Crippen molar-refractivity contribution in [2.45, 2.75) is 10.9 Å². The van der Waals surface area contributed by atoms with Crippen molar-refractivity contribution < 1.29 is 14.7 Å². The fourth-order valence-electron chi connectivity index (χ4n) is 3.56. The second-order valence-electron chi connectivity index (χ2n) is 6.39. The zero-order chi connectivity index (χ0) is 19.7. The molecule has 0 unspecified atom stereocenters. The van der Waals surface area contributed by atoms with Crippen LogP contribution in [0.15, 0.2) is 71.6 Å². The Kier molecular flexibility index (Phi) is 4.79. The maximum absolute atomic E-state index is 12.6. The minimum atomic E-state index is -0.639. The van der Waals surface area contributed by atoms with Gasteiger partial charge in [0.05, 0.1) is 11.6 Å². The molecule has 0 radical (unpaired) electrons. The molecule has 3 amide bonds. The molecule has 0 aromatic heterocycles. The van der Waals surface area contributed by atoms with Gasteiger partial charge in [0, 0.05) is 4.90 Å². The molecule has 5 nitrogen and oxygen atoms in total. The highest BCUT2D eigenvalue weighted by molar-refractivity contribution is 7.98. The number of urea groups is 1. The van der Waals surface area contributed by atoms with Crippen molar-refractivity contribution in [3.05, 3.63) is 83.4 Å². The number of rotatable bonds is 3. The molecular weight excluding hydrogens is 372 g/mol. The van der Waals surface area contributed by atoms with E-state index in [4.69, 9.17) is 0 Å². The Labute approximate surface area is 166 Å². The summed E-state index contributed by atoms with van der Waals surface area (Å²) in [6.45, 7) is 0. The minimum absolute atomic E-state index is 0.0948. The number of phenolic OH excluding ortho intramolecular Hbond substituents is 1. The highest BCUT2D eigenvalue weighted by Gasteiger charge is 2.30. The van der Waals surface area contributed by atoms with Crippen molar-refractivity contribution in [3.63, 3.8) is 0 Å². The monoisotopic (exact) mass is 390 g/mol. The van der Waals surface area contributed by atoms with Gasteiger partial charge in [-0.1, -0.05) is 54.6 Å². The van der Waals surface area contributed by atoms with E-state index in [0.29, 0.717) is 4.90 Å². The lowest BCUT2D eigenvalue weighted by Gasteiger charge is -2.16. The molecule has 0 aliphatic heterocycles. The van der Waals surface area contributed by atoms with Crippen LogP contribution in [0.25, 0.3) is 11.1 Å². The van der Waals surface area contributed by atoms with Gasteiger partial charge in [-0.2, -0.15) is 0 Å². The van der Waals surface area contributed by atoms with E-state index in [0.717, 1.165) is 22.3 Å². The van der Waals surface area contributed by atoms with Crippen molar-refractivity contribution in [2.24, 2.45) is 0 Å². The van der Waals surface area contributed by atoms with Crippen molar-refractivity contribution in [1.82, 2.24) is 10.6 Å². The van der Waals surface area contributed by atoms with E-state index in [9.17, 15) is 14.7 Å². The molecule has 4 rings (SSSR count). The topological polar surface area (TPSA) is 78.4 Å². The smallest absolute Gasteiger partial charge is 0.322 e. The number of carbonyl (C=O) groups excluding carboxylic acids is 2. The molecule has 3 aromatic rings. The number of carbonyl (C=O) groups is 2. The normalized spacial score (nSPS) is 12.2. The second kappa shape index (κ2) is 7.40. The number of nitrogens with one attached hydrogen (secondary N) is 2. The van der Waals surface area contributed by atoms with Gasteiger partial charge < -0.3 is 10.4 Å². The molecule has 1 aliphatic rings. The van der Waals surface area contributed by atoms with Gasteiger partial charge in [0.25, 0.3) is 5.91 Å². The molecule has 3 N–H and O–H groups in total. The Morgan fingerprint density at radius 3 is 2.11 bits per heavy atom. The molecule has 0 atom stereocenters. The van der Waals surface area contributed by atoms with E-state index in [2.05, 4.69) is 10.6 Å². The Morgan fingerprint density at radius 2 is 1.50 bits per heavy atom. The molecular formula is C22H18N2O3S. The summed E-state index contributed by atoms with van der Waals surface area (Å²) >= 11 is 1.33. The number of hydrogen-bond acceptors (Lipinski definition) is 4. The molecule has 140 valence electrons. The molecule has 0 heterocycles. The Balaban J connectivity index is 1.58. The van der Waals surface area contributed by atoms with Gasteiger partial charge in [0.15, 0.2) is 0 Å². The number of imide groups is 1. The third-order valence-electron chi connectivity index (χ3n) is 4.79. The highest BCUT2D eigenvalue weighted by atomic mass is 32.2. The quantitative estimate of drug-likeness (QED) is 0.582. The summed E-state index contributed by atoms with van der Waals surface area (Å²) in [5, 5.41) is 15.3. The summed E-state index contributed by atoms with van der Waals surface area (Å²) in [7, 11) is 0. The number of thioether (sulfide) groups is 1. The largest absolute Gasteiger partial charge is 0.507 e. The standard InChI is InChI=1S/C22H18N2O3S/c1-28-18-12-6-11-17(25)19(18)21(26)24-22(27)23-20-15-9-4-2-7-13(15)14-8-3-5-10-16(14)20/h2-12,20,25H,1H3,(H2,23,24,26,27). The van der Waals surface area contributed by atoms with Gasteiger partial charge in [-0.25, -0.2) is 4.79 Å². The molecule has 1 aliphatic carbocycles. The van der Waals surface area contributed by atoms with Gasteiger partial charge in [0.2, 0.25) is 0 Å². The van der Waals surface area contributed by atoms with Crippen LogP contribution in [-0.4, -0.2) is 23.3 Å². The van der Waals surface area contributed by atoms with Crippen molar-refractivity contribution in [3.8, 4) is 16.9 Å². The van der Waals surface area contributed by atoms with Crippen LogP contribution in [0.1, 0.15) is 27.5 Å². The Morgan fingerprint density at radius 1 is 0.893 bits per heavy atom. The van der Waals surface area contributed by atoms with Crippen molar-refractivity contribution >= 4 is 23.7 Å². The molecule has 0 bridgehead atoms. The van der Waals surface area contributed by atoms with Crippen molar-refractivity contribution in [2.75, 3.05) is 6.26 Å². The predicted molar refractivity (Wildman–Crippen MR) is 110 cm³/mol. The predicted octanol–water partition coefficient (Wildman–Crippen LogP) is 4.32. The first kappa shape index (κ1) is 18.1. The maximum atomic E-state index is 12.6. The van der Waals surface area contributed by atoms with Gasteiger partial charge in [-0.05, 0) is 40.6 Å². The summed E-state index contributed by atoms with van der Waals surface area (Å²) in [6.07, 6.45) is 1.80. The number of phenols is 1. The average molecular weight is 390 g/mol. The lowest BCUT2D eigenvalue weighted by atomic mass is 10.1. The van der Waals surface area contributed by atoms with E-state index in [1.54, 1.807) is 18.4 Å². The van der Waals surface area contributed by atoms with E-state index in [1.807, 2.05) is 48.5 Å². The van der Waals surface area contributed by atoms with Crippen LogP contribution in [0.3, 0.4) is 0 Å². The van der Waals surface area contributed by atoms with E-state index in [1.165, 1.54) is 17.8 Å². The van der Waals surface area contributed by atoms with Crippen molar-refractivity contribution in [1.29, 1.82) is 0 Å². The van der Waals surface area contributed by atoms with Crippen LogP contribution in [-0.2, 0) is 0 Å². The number of amides is 3. The Hall–Kier alpha value is -3.25. The van der Waals surface area contributed by atoms with Gasteiger partial charge in [-0.15, -0.1) is 11.8 Å². The fraction of sp³-hybridized carbons (Fsp3) is 0.0909. The molecule has 6 heteroatoms. The van der Waals surface area contributed by atoms with E-state index >= 15 is 0 Å². The van der Waals surface area contributed by atoms with Crippen LogP contribution in [0, 0.1) is 0 Å². The zero-order valence-corrected chi connectivity index (χ0v) is 15.9. The molecule has 0 spiro atoms. The van der Waals surface area contributed by atoms with Gasteiger partial charge in [-0.3, -0.25) is 10.1 Å². The summed E-state index contributed by atoms with van der Waals surface area (Å²) in [5.41, 5.74) is 4.20. The van der Waals surface area contributed by atoms with E-state index < -0.39 is 11.9 Å². The number of aromatic hydroxyl groups is 1. The summed E-state index contributed by atoms with van der Waals surface area (Å²) in [6, 6.07) is 19.6. The number of hydrogen-bond donors (Lipinski definition) is 3. The van der Waals surface area contributed by atoms with Crippen LogP contribution in [0.5, 0.6) is 5.75 Å². The lowest BCUT2D eigenvalue weighted by Crippen LogP contribution is -2.41. The molecule has 28 heavy (non-hydrogen) atoms. The summed E-state index contributed by atoms with van der Waals surface area (Å²) in [4.78, 5) is 25.8. The first-order chi connectivity index (χ1) is 13.6. The SMILES string of the molecule is CSc1cccc(O)c1C(=O)NC(=O)NC1c2ccccc2-c2ccccc21. The molecule has 0 saturated heterocycles. The number of benzene rings is 3. The van der Waals surface area contributed by atoms with Gasteiger partial charge >= 0.3 is 6.03 Å². The van der Waals surface area contributed by atoms with Crippen LogP contribution >= 0.6 is 11.8 Å². The second-order valence-corrected chi connectivity index (χ2v) is 7.24. The fourth-order valence-corrected chi connectivity index (χ4v) is 4.18. The average Bonchev–Trinajstić information content (AvgIpc) is 3.01. The maximum Gasteiger partial charge on any atom is 0.322 e. The summed E-state index contributed by atoms with van der Waals surface area (Å²) in [5.74, 6) is -0.798. The first-order valence-corrected chi connectivity index (χ1v) is 9.98. The third-order valence-corrected chi connectivity index (χ3v) is 5.57. The highest BCUT2D eigenvalue weighted by Crippen LogP contribution is 2.42. The summed E-state index contributed by atoms with van der Waals surface area (Å²) < 4.78 is 0. The van der Waals surface area contributed by atoms with Crippen LogP contribution in [0.2, 0.25) is 0 Å². The molecule has 0 saturated carbocycles. The third kappa shape index (κ3) is 3.12. The van der Waals surface area contributed by atoms with Gasteiger partial charge in [0.1, 0.15) is 5.75 Å². The Bertz CT molecular complexity index is 1040. The van der Waals surface area contributed by atoms with Crippen LogP contribution < -0.4 is 10.6 Å².